The average Bonchev–Trinajstić information content (AvgIpc) is 2.60. The van der Waals surface area contributed by atoms with Crippen LogP contribution in [0.5, 0.6) is 0 Å². The molecule has 0 aliphatic rings. The maximum Gasteiger partial charge on any atom is 0.339 e. The molecule has 0 unspecified atom stereocenters. The van der Waals surface area contributed by atoms with Crippen molar-refractivity contribution in [3.8, 4) is 5.82 Å². The summed E-state index contributed by atoms with van der Waals surface area (Å²) in [5.74, 6) is -0.747. The van der Waals surface area contributed by atoms with Crippen LogP contribution in [0.4, 0.5) is 0 Å². The SMILES string of the molecule is Cc1ncn(-c2nnccc2C(=O)O)c1C. The summed E-state index contributed by atoms with van der Waals surface area (Å²) < 4.78 is 1.62. The van der Waals surface area contributed by atoms with Crippen LogP contribution in [0.1, 0.15) is 21.7 Å². The van der Waals surface area contributed by atoms with E-state index in [1.54, 1.807) is 10.9 Å². The second-order valence-corrected chi connectivity index (χ2v) is 3.36. The van der Waals surface area contributed by atoms with Crippen molar-refractivity contribution < 1.29 is 9.90 Å². The molecule has 0 saturated heterocycles. The zero-order valence-corrected chi connectivity index (χ0v) is 8.88. The lowest BCUT2D eigenvalue weighted by molar-refractivity contribution is 0.0696. The van der Waals surface area contributed by atoms with Gasteiger partial charge in [-0.3, -0.25) is 4.57 Å². The normalized spacial score (nSPS) is 10.4. The van der Waals surface area contributed by atoms with Gasteiger partial charge in [0.1, 0.15) is 11.9 Å². The third kappa shape index (κ3) is 1.54. The van der Waals surface area contributed by atoms with E-state index >= 15 is 0 Å². The molecule has 6 heteroatoms. The molecule has 0 aliphatic carbocycles. The lowest BCUT2D eigenvalue weighted by Crippen LogP contribution is -2.09. The van der Waals surface area contributed by atoms with Gasteiger partial charge in [0.2, 0.25) is 0 Å². The predicted octanol–water partition coefficient (Wildman–Crippen LogP) is 0.977. The van der Waals surface area contributed by atoms with Crippen LogP contribution < -0.4 is 0 Å². The molecule has 82 valence electrons. The zero-order valence-electron chi connectivity index (χ0n) is 8.88. The Morgan fingerprint density at radius 2 is 2.19 bits per heavy atom. The molecule has 0 aromatic carbocycles. The number of nitrogens with zero attached hydrogens (tertiary/aromatic N) is 4. The van der Waals surface area contributed by atoms with Gasteiger partial charge in [0.15, 0.2) is 5.82 Å². The molecule has 2 rings (SSSR count). The Balaban J connectivity index is 2.64. The van der Waals surface area contributed by atoms with Crippen LogP contribution in [-0.2, 0) is 0 Å². The van der Waals surface area contributed by atoms with Gasteiger partial charge < -0.3 is 5.11 Å². The van der Waals surface area contributed by atoms with Crippen LogP contribution in [0, 0.1) is 13.8 Å². The molecule has 0 saturated carbocycles. The summed E-state index contributed by atoms with van der Waals surface area (Å²) in [6.07, 6.45) is 2.90. The number of rotatable bonds is 2. The van der Waals surface area contributed by atoms with Crippen molar-refractivity contribution in [2.24, 2.45) is 0 Å². The number of carbonyl (C=O) groups is 1. The molecule has 2 aromatic rings. The molecule has 0 bridgehead atoms. The summed E-state index contributed by atoms with van der Waals surface area (Å²) >= 11 is 0. The quantitative estimate of drug-likeness (QED) is 0.812. The largest absolute Gasteiger partial charge is 0.478 e. The second-order valence-electron chi connectivity index (χ2n) is 3.36. The van der Waals surface area contributed by atoms with Crippen molar-refractivity contribution in [1.82, 2.24) is 19.7 Å². The molecule has 16 heavy (non-hydrogen) atoms. The minimum atomic E-state index is -1.03. The minimum Gasteiger partial charge on any atom is -0.478 e. The van der Waals surface area contributed by atoms with E-state index < -0.39 is 5.97 Å². The molecular formula is C10H10N4O2. The van der Waals surface area contributed by atoms with E-state index in [-0.39, 0.29) is 11.4 Å². The van der Waals surface area contributed by atoms with Crippen LogP contribution in [0.25, 0.3) is 5.82 Å². The average molecular weight is 218 g/mol. The topological polar surface area (TPSA) is 80.9 Å². The van der Waals surface area contributed by atoms with Crippen molar-refractivity contribution in [3.63, 3.8) is 0 Å². The Morgan fingerprint density at radius 1 is 1.44 bits per heavy atom. The van der Waals surface area contributed by atoms with Gasteiger partial charge in [-0.2, -0.15) is 5.10 Å². The van der Waals surface area contributed by atoms with Crippen LogP contribution in [0.3, 0.4) is 0 Å². The van der Waals surface area contributed by atoms with Gasteiger partial charge in [0.25, 0.3) is 0 Å². The summed E-state index contributed by atoms with van der Waals surface area (Å²) in [7, 11) is 0. The summed E-state index contributed by atoms with van der Waals surface area (Å²) in [4.78, 5) is 15.1. The maximum atomic E-state index is 11.0. The molecule has 1 N–H and O–H groups in total. The minimum absolute atomic E-state index is 0.107. The smallest absolute Gasteiger partial charge is 0.339 e. The fraction of sp³-hybridized carbons (Fsp3) is 0.200. The standard InChI is InChI=1S/C10H10N4O2/c1-6-7(2)14(5-11-6)9-8(10(15)16)3-4-12-13-9/h3-5H,1-2H3,(H,15,16). The van der Waals surface area contributed by atoms with Crippen molar-refractivity contribution in [3.05, 3.63) is 35.5 Å². The van der Waals surface area contributed by atoms with Crippen LogP contribution >= 0.6 is 0 Å². The van der Waals surface area contributed by atoms with E-state index in [0.717, 1.165) is 11.4 Å². The lowest BCUT2D eigenvalue weighted by Gasteiger charge is -2.06. The van der Waals surface area contributed by atoms with E-state index in [9.17, 15) is 4.79 Å². The van der Waals surface area contributed by atoms with Gasteiger partial charge in [-0.15, -0.1) is 5.10 Å². The summed E-state index contributed by atoms with van der Waals surface area (Å²) in [5.41, 5.74) is 1.79. The molecule has 6 nitrogen and oxygen atoms in total. The zero-order chi connectivity index (χ0) is 11.7. The number of aryl methyl sites for hydroxylation is 1. The first kappa shape index (κ1) is 10.3. The number of hydrogen-bond donors (Lipinski definition) is 1. The Morgan fingerprint density at radius 3 is 2.75 bits per heavy atom. The first-order valence-corrected chi connectivity index (χ1v) is 4.67. The number of imidazole rings is 1. The Hall–Kier alpha value is -2.24. The third-order valence-electron chi connectivity index (χ3n) is 2.41. The summed E-state index contributed by atoms with van der Waals surface area (Å²) in [6, 6.07) is 1.42. The van der Waals surface area contributed by atoms with Crippen molar-refractivity contribution in [2.75, 3.05) is 0 Å². The van der Waals surface area contributed by atoms with E-state index in [2.05, 4.69) is 15.2 Å². The number of hydrogen-bond acceptors (Lipinski definition) is 4. The van der Waals surface area contributed by atoms with E-state index in [1.165, 1.54) is 12.3 Å². The molecule has 2 heterocycles. The van der Waals surface area contributed by atoms with Gasteiger partial charge in [-0.1, -0.05) is 0 Å². The molecule has 0 aliphatic heterocycles. The highest BCUT2D eigenvalue weighted by Gasteiger charge is 2.15. The molecular weight excluding hydrogens is 208 g/mol. The fourth-order valence-electron chi connectivity index (χ4n) is 1.38. The number of carboxylic acids is 1. The van der Waals surface area contributed by atoms with Gasteiger partial charge in [0, 0.05) is 5.69 Å². The second kappa shape index (κ2) is 3.73. The van der Waals surface area contributed by atoms with E-state index in [0.29, 0.717) is 0 Å². The highest BCUT2D eigenvalue weighted by atomic mass is 16.4. The van der Waals surface area contributed by atoms with Crippen molar-refractivity contribution >= 4 is 5.97 Å². The number of carboxylic acid groups (broad SMARTS) is 1. The van der Waals surface area contributed by atoms with Gasteiger partial charge in [0.05, 0.1) is 11.9 Å². The number of aromatic carboxylic acids is 1. The van der Waals surface area contributed by atoms with Crippen molar-refractivity contribution in [2.45, 2.75) is 13.8 Å². The van der Waals surface area contributed by atoms with E-state index in [1.807, 2.05) is 13.8 Å². The summed E-state index contributed by atoms with van der Waals surface area (Å²) in [5, 5.41) is 16.6. The highest BCUT2D eigenvalue weighted by Crippen LogP contribution is 2.14. The molecule has 0 amide bonds. The Kier molecular flexibility index (Phi) is 2.40. The van der Waals surface area contributed by atoms with Crippen LogP contribution in [-0.4, -0.2) is 30.8 Å². The monoisotopic (exact) mass is 218 g/mol. The number of aromatic nitrogens is 4. The fourth-order valence-corrected chi connectivity index (χ4v) is 1.38. The maximum absolute atomic E-state index is 11.0. The summed E-state index contributed by atoms with van der Waals surface area (Å²) in [6.45, 7) is 3.70. The van der Waals surface area contributed by atoms with Crippen LogP contribution in [0.2, 0.25) is 0 Å². The molecule has 0 radical (unpaired) electrons. The van der Waals surface area contributed by atoms with Gasteiger partial charge in [-0.25, -0.2) is 9.78 Å². The van der Waals surface area contributed by atoms with Crippen molar-refractivity contribution in [1.29, 1.82) is 0 Å². The Bertz CT molecular complexity index is 548. The lowest BCUT2D eigenvalue weighted by atomic mass is 10.2. The van der Waals surface area contributed by atoms with Gasteiger partial charge >= 0.3 is 5.97 Å². The molecule has 0 fully saturated rings. The van der Waals surface area contributed by atoms with Gasteiger partial charge in [-0.05, 0) is 19.9 Å². The third-order valence-corrected chi connectivity index (χ3v) is 2.41. The molecule has 0 atom stereocenters. The van der Waals surface area contributed by atoms with E-state index in [4.69, 9.17) is 5.11 Å². The Labute approximate surface area is 91.6 Å². The molecule has 0 spiro atoms. The first-order chi connectivity index (χ1) is 7.61. The molecule has 2 aromatic heterocycles. The first-order valence-electron chi connectivity index (χ1n) is 4.67. The predicted molar refractivity (Wildman–Crippen MR) is 55.6 cm³/mol. The highest BCUT2D eigenvalue weighted by molar-refractivity contribution is 5.90. The van der Waals surface area contributed by atoms with Crippen LogP contribution in [0.15, 0.2) is 18.6 Å².